The van der Waals surface area contributed by atoms with Crippen LogP contribution in [0.2, 0.25) is 5.15 Å². The van der Waals surface area contributed by atoms with Gasteiger partial charge in [0.15, 0.2) is 17.3 Å². The number of nitrogen functional groups attached to an aromatic ring is 1. The van der Waals surface area contributed by atoms with Crippen LogP contribution in [0.3, 0.4) is 0 Å². The molecule has 1 aromatic heterocycles. The fraction of sp³-hybridized carbons (Fsp3) is 0.0556. The van der Waals surface area contributed by atoms with Crippen molar-refractivity contribution in [3.05, 3.63) is 71.0 Å². The Hall–Kier alpha value is -3.12. The average Bonchev–Trinajstić information content (AvgIpc) is 2.97. The zero-order valence-corrected chi connectivity index (χ0v) is 13.8. The van der Waals surface area contributed by atoms with Crippen molar-refractivity contribution >= 4 is 29.7 Å². The summed E-state index contributed by atoms with van der Waals surface area (Å²) in [5.74, 6) is 0.213. The lowest BCUT2D eigenvalue weighted by Crippen LogP contribution is -2.17. The van der Waals surface area contributed by atoms with Gasteiger partial charge >= 0.3 is 6.09 Å². The molecule has 0 fully saturated rings. The smallest absolute Gasteiger partial charge is 0.420 e. The first-order chi connectivity index (χ1) is 12.1. The molecular weight excluding hydrogens is 342 g/mol. The SMILES string of the molecule is Nc1ccc(-c2nc(Cl)c(C=O)n2C(=O)OCc2ccccc2)cc1. The molecule has 7 heteroatoms. The molecule has 0 aliphatic carbocycles. The molecule has 0 radical (unpaired) electrons. The fourth-order valence-electron chi connectivity index (χ4n) is 2.30. The Morgan fingerprint density at radius 3 is 2.48 bits per heavy atom. The number of halogens is 1. The molecule has 0 atom stereocenters. The number of imidazole rings is 1. The van der Waals surface area contributed by atoms with Crippen LogP contribution in [0, 0.1) is 0 Å². The zero-order valence-electron chi connectivity index (χ0n) is 13.1. The van der Waals surface area contributed by atoms with E-state index in [1.807, 2.05) is 30.3 Å². The number of ether oxygens (including phenoxy) is 1. The van der Waals surface area contributed by atoms with Crippen molar-refractivity contribution in [3.63, 3.8) is 0 Å². The van der Waals surface area contributed by atoms with E-state index in [0.717, 1.165) is 10.1 Å². The molecule has 6 nitrogen and oxygen atoms in total. The molecule has 0 amide bonds. The van der Waals surface area contributed by atoms with Gasteiger partial charge in [-0.2, -0.15) is 0 Å². The van der Waals surface area contributed by atoms with Crippen LogP contribution in [-0.2, 0) is 11.3 Å². The van der Waals surface area contributed by atoms with Crippen LogP contribution in [-0.4, -0.2) is 21.9 Å². The summed E-state index contributed by atoms with van der Waals surface area (Å²) in [4.78, 5) is 28.0. The van der Waals surface area contributed by atoms with Crippen molar-refractivity contribution in [1.82, 2.24) is 9.55 Å². The maximum atomic E-state index is 12.5. The van der Waals surface area contributed by atoms with E-state index in [2.05, 4.69) is 4.98 Å². The quantitative estimate of drug-likeness (QED) is 0.568. The normalized spacial score (nSPS) is 10.4. The van der Waals surface area contributed by atoms with Crippen LogP contribution in [0.25, 0.3) is 11.4 Å². The van der Waals surface area contributed by atoms with Crippen molar-refractivity contribution in [1.29, 1.82) is 0 Å². The van der Waals surface area contributed by atoms with Gasteiger partial charge in [-0.15, -0.1) is 0 Å². The number of nitrogens with zero attached hydrogens (tertiary/aromatic N) is 2. The number of carbonyl (C=O) groups excluding carboxylic acids is 2. The molecule has 126 valence electrons. The second-order valence-electron chi connectivity index (χ2n) is 5.23. The molecule has 0 bridgehead atoms. The predicted molar refractivity (Wildman–Crippen MR) is 94.5 cm³/mol. The molecule has 2 N–H and O–H groups in total. The zero-order chi connectivity index (χ0) is 17.8. The highest BCUT2D eigenvalue weighted by atomic mass is 35.5. The van der Waals surface area contributed by atoms with Gasteiger partial charge in [-0.1, -0.05) is 41.9 Å². The first-order valence-corrected chi connectivity index (χ1v) is 7.78. The van der Waals surface area contributed by atoms with Crippen molar-refractivity contribution in [3.8, 4) is 11.4 Å². The van der Waals surface area contributed by atoms with Gasteiger partial charge in [0.2, 0.25) is 0 Å². The van der Waals surface area contributed by atoms with E-state index in [0.29, 0.717) is 17.5 Å². The van der Waals surface area contributed by atoms with E-state index in [-0.39, 0.29) is 23.3 Å². The molecular formula is C18H14ClN3O3. The summed E-state index contributed by atoms with van der Waals surface area (Å²) in [5.41, 5.74) is 7.58. The average molecular weight is 356 g/mol. The second-order valence-corrected chi connectivity index (χ2v) is 5.58. The van der Waals surface area contributed by atoms with E-state index < -0.39 is 6.09 Å². The second kappa shape index (κ2) is 7.19. The minimum absolute atomic E-state index is 0.0634. The Morgan fingerprint density at radius 1 is 1.16 bits per heavy atom. The molecule has 1 heterocycles. The van der Waals surface area contributed by atoms with Crippen molar-refractivity contribution in [2.75, 3.05) is 5.73 Å². The number of hydrogen-bond acceptors (Lipinski definition) is 5. The molecule has 0 saturated heterocycles. The fourth-order valence-corrected chi connectivity index (χ4v) is 2.51. The Labute approximate surface area is 148 Å². The van der Waals surface area contributed by atoms with Gasteiger partial charge in [-0.3, -0.25) is 4.79 Å². The standard InChI is InChI=1S/C18H14ClN3O3/c19-16-15(10-23)22(17(21-16)13-6-8-14(20)9-7-13)18(24)25-11-12-4-2-1-3-5-12/h1-10H,11,20H2. The number of benzene rings is 2. The van der Waals surface area contributed by atoms with Crippen LogP contribution in [0.1, 0.15) is 16.1 Å². The summed E-state index contributed by atoms with van der Waals surface area (Å²) in [5, 5.41) is -0.0708. The monoisotopic (exact) mass is 355 g/mol. The highest BCUT2D eigenvalue weighted by molar-refractivity contribution is 6.32. The molecule has 0 aliphatic rings. The minimum Gasteiger partial charge on any atom is -0.444 e. The van der Waals surface area contributed by atoms with E-state index in [4.69, 9.17) is 22.1 Å². The summed E-state index contributed by atoms with van der Waals surface area (Å²) in [6.07, 6.45) is -0.267. The van der Waals surface area contributed by atoms with Crippen LogP contribution in [0.5, 0.6) is 0 Å². The Bertz CT molecular complexity index is 905. The largest absolute Gasteiger partial charge is 0.444 e. The molecule has 3 rings (SSSR count). The summed E-state index contributed by atoms with van der Waals surface area (Å²) < 4.78 is 6.36. The van der Waals surface area contributed by atoms with E-state index >= 15 is 0 Å². The molecule has 0 unspecified atom stereocenters. The summed E-state index contributed by atoms with van der Waals surface area (Å²) in [6, 6.07) is 15.9. The Balaban J connectivity index is 1.94. The van der Waals surface area contributed by atoms with E-state index in [1.54, 1.807) is 24.3 Å². The van der Waals surface area contributed by atoms with Crippen LogP contribution >= 0.6 is 11.6 Å². The number of hydrogen-bond donors (Lipinski definition) is 1. The number of anilines is 1. The highest BCUT2D eigenvalue weighted by Gasteiger charge is 2.23. The predicted octanol–water partition coefficient (Wildman–Crippen LogP) is 3.78. The molecule has 25 heavy (non-hydrogen) atoms. The number of carbonyl (C=O) groups is 2. The third-order valence-corrected chi connectivity index (χ3v) is 3.81. The minimum atomic E-state index is -0.739. The van der Waals surface area contributed by atoms with Gasteiger partial charge in [-0.05, 0) is 29.8 Å². The maximum Gasteiger partial charge on any atom is 0.420 e. The van der Waals surface area contributed by atoms with Crippen molar-refractivity contribution < 1.29 is 14.3 Å². The van der Waals surface area contributed by atoms with Gasteiger partial charge in [0.05, 0.1) is 0 Å². The molecule has 3 aromatic rings. The molecule has 0 saturated carbocycles. The lowest BCUT2D eigenvalue weighted by molar-refractivity contribution is 0.110. The van der Waals surface area contributed by atoms with Gasteiger partial charge in [0, 0.05) is 11.3 Å². The highest BCUT2D eigenvalue weighted by Crippen LogP contribution is 2.26. The van der Waals surface area contributed by atoms with Crippen molar-refractivity contribution in [2.24, 2.45) is 0 Å². The van der Waals surface area contributed by atoms with E-state index in [1.165, 1.54) is 0 Å². The Kier molecular flexibility index (Phi) is 4.81. The number of nitrogens with two attached hydrogens (primary N) is 1. The van der Waals surface area contributed by atoms with Gasteiger partial charge in [0.1, 0.15) is 12.3 Å². The van der Waals surface area contributed by atoms with E-state index in [9.17, 15) is 9.59 Å². The van der Waals surface area contributed by atoms with Gasteiger partial charge in [0.25, 0.3) is 0 Å². The van der Waals surface area contributed by atoms with Gasteiger partial charge < -0.3 is 10.5 Å². The van der Waals surface area contributed by atoms with Crippen molar-refractivity contribution in [2.45, 2.75) is 6.61 Å². The summed E-state index contributed by atoms with van der Waals surface area (Å²) in [6.45, 7) is 0.0644. The summed E-state index contributed by atoms with van der Waals surface area (Å²) >= 11 is 6.00. The number of aromatic nitrogens is 2. The molecule has 2 aromatic carbocycles. The lowest BCUT2D eigenvalue weighted by atomic mass is 10.2. The first kappa shape index (κ1) is 16.7. The Morgan fingerprint density at radius 2 is 1.84 bits per heavy atom. The number of aldehydes is 1. The van der Waals surface area contributed by atoms with Gasteiger partial charge in [-0.25, -0.2) is 14.3 Å². The lowest BCUT2D eigenvalue weighted by Gasteiger charge is -2.09. The van der Waals surface area contributed by atoms with Crippen LogP contribution in [0.4, 0.5) is 10.5 Å². The first-order valence-electron chi connectivity index (χ1n) is 7.40. The molecule has 0 aliphatic heterocycles. The third-order valence-electron chi connectivity index (χ3n) is 3.54. The third kappa shape index (κ3) is 3.54. The topological polar surface area (TPSA) is 87.2 Å². The number of rotatable bonds is 4. The van der Waals surface area contributed by atoms with Crippen LogP contribution < -0.4 is 5.73 Å². The maximum absolute atomic E-state index is 12.5. The van der Waals surface area contributed by atoms with Crippen LogP contribution in [0.15, 0.2) is 54.6 Å². The molecule has 0 spiro atoms. The summed E-state index contributed by atoms with van der Waals surface area (Å²) in [7, 11) is 0.